The first-order valence-electron chi connectivity index (χ1n) is 5.00. The maximum Gasteiger partial charge on any atom is 0.134 e. The lowest BCUT2D eigenvalue weighted by molar-refractivity contribution is 0.497. The van der Waals surface area contributed by atoms with Gasteiger partial charge in [-0.1, -0.05) is 11.6 Å². The van der Waals surface area contributed by atoms with Gasteiger partial charge in [0.15, 0.2) is 0 Å². The Kier molecular flexibility index (Phi) is 3.41. The quantitative estimate of drug-likeness (QED) is 0.831. The molecule has 0 amide bonds. The number of nitrogens with zero attached hydrogens (tertiary/aromatic N) is 2. The van der Waals surface area contributed by atoms with Crippen LogP contribution in [0.25, 0.3) is 0 Å². The number of furan rings is 1. The van der Waals surface area contributed by atoms with Gasteiger partial charge in [0.25, 0.3) is 0 Å². The Morgan fingerprint density at radius 1 is 1.50 bits per heavy atom. The number of hydrogen-bond donors (Lipinski definition) is 1. The van der Waals surface area contributed by atoms with Gasteiger partial charge in [0.1, 0.15) is 23.1 Å². The topological polar surface area (TPSA) is 51.0 Å². The summed E-state index contributed by atoms with van der Waals surface area (Å²) in [5.74, 6) is 1.67. The molecule has 1 N–H and O–H groups in total. The lowest BCUT2D eigenvalue weighted by Gasteiger charge is -2.12. The zero-order valence-electron chi connectivity index (χ0n) is 8.85. The largest absolute Gasteiger partial charge is 0.469 e. The van der Waals surface area contributed by atoms with Gasteiger partial charge >= 0.3 is 0 Å². The molecule has 2 rings (SSSR count). The van der Waals surface area contributed by atoms with Crippen molar-refractivity contribution >= 4 is 17.4 Å². The number of halogens is 1. The second-order valence-corrected chi connectivity index (χ2v) is 3.94. The normalized spacial score (nSPS) is 12.4. The molecule has 84 valence electrons. The molecule has 0 aliphatic rings. The third-order valence-corrected chi connectivity index (χ3v) is 2.32. The van der Waals surface area contributed by atoms with E-state index in [1.807, 2.05) is 12.1 Å². The van der Waals surface area contributed by atoms with E-state index >= 15 is 0 Å². The molecule has 1 atom stereocenters. The van der Waals surface area contributed by atoms with Crippen LogP contribution < -0.4 is 5.32 Å². The predicted octanol–water partition coefficient (Wildman–Crippen LogP) is 2.77. The molecule has 0 saturated carbocycles. The van der Waals surface area contributed by atoms with Crippen LogP contribution in [0.5, 0.6) is 0 Å². The monoisotopic (exact) mass is 237 g/mol. The Hall–Kier alpha value is -1.55. The molecule has 0 spiro atoms. The van der Waals surface area contributed by atoms with Crippen LogP contribution in [-0.2, 0) is 6.42 Å². The van der Waals surface area contributed by atoms with Gasteiger partial charge in [-0.3, -0.25) is 0 Å². The number of hydrogen-bond acceptors (Lipinski definition) is 4. The van der Waals surface area contributed by atoms with Crippen LogP contribution in [0.2, 0.25) is 5.15 Å². The Morgan fingerprint density at radius 3 is 3.06 bits per heavy atom. The fourth-order valence-corrected chi connectivity index (χ4v) is 1.59. The average molecular weight is 238 g/mol. The standard InChI is InChI=1S/C11H12ClN3O/c1-8(5-9-3-2-4-16-9)15-11-6-10(12)13-7-14-11/h2-4,6-8H,5H2,1H3,(H,13,14,15). The molecule has 2 aromatic heterocycles. The first kappa shape index (κ1) is 11.0. The molecule has 5 heteroatoms. The van der Waals surface area contributed by atoms with Gasteiger partial charge in [0, 0.05) is 18.5 Å². The van der Waals surface area contributed by atoms with Crippen LogP contribution in [0.1, 0.15) is 12.7 Å². The molecule has 0 saturated heterocycles. The van der Waals surface area contributed by atoms with Crippen molar-refractivity contribution in [1.82, 2.24) is 9.97 Å². The third kappa shape index (κ3) is 2.97. The van der Waals surface area contributed by atoms with Gasteiger partial charge in [0.05, 0.1) is 6.26 Å². The summed E-state index contributed by atoms with van der Waals surface area (Å²) >= 11 is 5.76. The van der Waals surface area contributed by atoms with Gasteiger partial charge in [-0.25, -0.2) is 9.97 Å². The lowest BCUT2D eigenvalue weighted by atomic mass is 10.2. The summed E-state index contributed by atoms with van der Waals surface area (Å²) < 4.78 is 5.27. The molecule has 1 unspecified atom stereocenters. The Morgan fingerprint density at radius 2 is 2.38 bits per heavy atom. The smallest absolute Gasteiger partial charge is 0.134 e. The summed E-state index contributed by atoms with van der Waals surface area (Å²) in [6.07, 6.45) is 3.91. The first-order chi connectivity index (χ1) is 7.74. The SMILES string of the molecule is CC(Cc1ccco1)Nc1cc(Cl)ncn1. The molecule has 0 aliphatic heterocycles. The fourth-order valence-electron chi connectivity index (χ4n) is 1.45. The van der Waals surface area contributed by atoms with E-state index in [4.69, 9.17) is 16.0 Å². The number of anilines is 1. The Bertz CT molecular complexity index is 444. The minimum absolute atomic E-state index is 0.220. The second kappa shape index (κ2) is 4.99. The van der Waals surface area contributed by atoms with Gasteiger partial charge in [-0.15, -0.1) is 0 Å². The third-order valence-electron chi connectivity index (χ3n) is 2.12. The van der Waals surface area contributed by atoms with Crippen LogP contribution in [-0.4, -0.2) is 16.0 Å². The van der Waals surface area contributed by atoms with Crippen LogP contribution >= 0.6 is 11.6 Å². The number of aromatic nitrogens is 2. The predicted molar refractivity (Wildman–Crippen MR) is 62.5 cm³/mol. The Balaban J connectivity index is 1.94. The van der Waals surface area contributed by atoms with E-state index in [2.05, 4.69) is 22.2 Å². The van der Waals surface area contributed by atoms with E-state index in [0.717, 1.165) is 18.0 Å². The summed E-state index contributed by atoms with van der Waals surface area (Å²) in [6.45, 7) is 2.05. The van der Waals surface area contributed by atoms with Crippen molar-refractivity contribution in [2.45, 2.75) is 19.4 Å². The molecule has 4 nitrogen and oxygen atoms in total. The molecule has 0 aromatic carbocycles. The summed E-state index contributed by atoms with van der Waals surface area (Å²) in [7, 11) is 0. The number of nitrogens with one attached hydrogen (secondary N) is 1. The molecular weight excluding hydrogens is 226 g/mol. The molecular formula is C11H12ClN3O. The van der Waals surface area contributed by atoms with E-state index < -0.39 is 0 Å². The second-order valence-electron chi connectivity index (χ2n) is 3.55. The van der Waals surface area contributed by atoms with Gasteiger partial charge in [-0.05, 0) is 19.1 Å². The highest BCUT2D eigenvalue weighted by Gasteiger charge is 2.06. The maximum absolute atomic E-state index is 5.76. The van der Waals surface area contributed by atoms with Crippen LogP contribution in [0.3, 0.4) is 0 Å². The zero-order valence-corrected chi connectivity index (χ0v) is 9.61. The fraction of sp³-hybridized carbons (Fsp3) is 0.273. The number of rotatable bonds is 4. The summed E-state index contributed by atoms with van der Waals surface area (Å²) in [5.41, 5.74) is 0. The van der Waals surface area contributed by atoms with Gasteiger partial charge in [0.2, 0.25) is 0 Å². The average Bonchev–Trinajstić information content (AvgIpc) is 2.70. The van der Waals surface area contributed by atoms with E-state index in [0.29, 0.717) is 5.15 Å². The van der Waals surface area contributed by atoms with E-state index in [1.54, 1.807) is 12.3 Å². The Labute approximate surface area is 98.7 Å². The van der Waals surface area contributed by atoms with Crippen molar-refractivity contribution in [1.29, 1.82) is 0 Å². The van der Waals surface area contributed by atoms with Crippen molar-refractivity contribution in [2.24, 2.45) is 0 Å². The zero-order chi connectivity index (χ0) is 11.4. The molecule has 0 bridgehead atoms. The van der Waals surface area contributed by atoms with Crippen molar-refractivity contribution < 1.29 is 4.42 Å². The lowest BCUT2D eigenvalue weighted by Crippen LogP contribution is -2.18. The van der Waals surface area contributed by atoms with Crippen molar-refractivity contribution in [3.05, 3.63) is 41.7 Å². The van der Waals surface area contributed by atoms with Crippen molar-refractivity contribution in [3.8, 4) is 0 Å². The summed E-state index contributed by atoms with van der Waals surface area (Å²) in [4.78, 5) is 7.89. The van der Waals surface area contributed by atoms with Crippen LogP contribution in [0.4, 0.5) is 5.82 Å². The van der Waals surface area contributed by atoms with Gasteiger partial charge in [-0.2, -0.15) is 0 Å². The highest BCUT2D eigenvalue weighted by molar-refractivity contribution is 6.29. The molecule has 2 heterocycles. The first-order valence-corrected chi connectivity index (χ1v) is 5.38. The molecule has 0 radical (unpaired) electrons. The molecule has 0 aliphatic carbocycles. The minimum Gasteiger partial charge on any atom is -0.469 e. The van der Waals surface area contributed by atoms with E-state index in [9.17, 15) is 0 Å². The highest BCUT2D eigenvalue weighted by atomic mass is 35.5. The van der Waals surface area contributed by atoms with Crippen LogP contribution in [0.15, 0.2) is 35.2 Å². The molecule has 0 fully saturated rings. The van der Waals surface area contributed by atoms with E-state index in [-0.39, 0.29) is 6.04 Å². The summed E-state index contributed by atoms with van der Waals surface area (Å²) in [5, 5.41) is 3.66. The molecule has 16 heavy (non-hydrogen) atoms. The van der Waals surface area contributed by atoms with E-state index in [1.165, 1.54) is 6.33 Å². The maximum atomic E-state index is 5.76. The van der Waals surface area contributed by atoms with Crippen molar-refractivity contribution in [3.63, 3.8) is 0 Å². The molecule has 2 aromatic rings. The van der Waals surface area contributed by atoms with Gasteiger partial charge < -0.3 is 9.73 Å². The summed E-state index contributed by atoms with van der Waals surface area (Å²) in [6, 6.07) is 5.74. The van der Waals surface area contributed by atoms with Crippen LogP contribution in [0, 0.1) is 0 Å². The van der Waals surface area contributed by atoms with Crippen molar-refractivity contribution in [2.75, 3.05) is 5.32 Å². The minimum atomic E-state index is 0.220. The highest BCUT2D eigenvalue weighted by Crippen LogP contribution is 2.12.